The molecule has 102 valence electrons. The van der Waals surface area contributed by atoms with Gasteiger partial charge < -0.3 is 14.2 Å². The number of rotatable bonds is 1. The summed E-state index contributed by atoms with van der Waals surface area (Å²) >= 11 is 0. The maximum absolute atomic E-state index is 12.5. The fourth-order valence-electron chi connectivity index (χ4n) is 2.68. The molecule has 0 bridgehead atoms. The zero-order chi connectivity index (χ0) is 13.6. The van der Waals surface area contributed by atoms with Gasteiger partial charge in [-0.25, -0.2) is 4.79 Å². The van der Waals surface area contributed by atoms with Crippen molar-refractivity contribution in [3.8, 4) is 0 Å². The number of aryl methyl sites for hydroxylation is 1. The van der Waals surface area contributed by atoms with Crippen molar-refractivity contribution in [1.82, 2.24) is 14.4 Å². The van der Waals surface area contributed by atoms with Crippen molar-refractivity contribution in [2.75, 3.05) is 26.2 Å². The quantitative estimate of drug-likeness (QED) is 0.746. The number of carbonyl (C=O) groups excluding carboxylic acids is 2. The van der Waals surface area contributed by atoms with E-state index in [1.807, 2.05) is 35.7 Å². The summed E-state index contributed by atoms with van der Waals surface area (Å²) in [6, 6.07) is 1.86. The average molecular weight is 263 g/mol. The molecule has 2 saturated heterocycles. The fourth-order valence-corrected chi connectivity index (χ4v) is 2.68. The maximum Gasteiger partial charge on any atom is 0.410 e. The lowest BCUT2D eigenvalue weighted by atomic mass is 10.1. The first kappa shape index (κ1) is 12.1. The Balaban J connectivity index is 1.75. The number of aromatic nitrogens is 1. The molecule has 0 radical (unpaired) electrons. The van der Waals surface area contributed by atoms with Gasteiger partial charge >= 0.3 is 6.09 Å². The van der Waals surface area contributed by atoms with Crippen molar-refractivity contribution in [2.45, 2.75) is 13.0 Å². The number of fused-ring (bicyclic) bond motifs is 1. The summed E-state index contributed by atoms with van der Waals surface area (Å²) < 4.78 is 6.94. The lowest BCUT2D eigenvalue weighted by molar-refractivity contribution is 0.0616. The van der Waals surface area contributed by atoms with Crippen LogP contribution >= 0.6 is 0 Å². The van der Waals surface area contributed by atoms with Gasteiger partial charge in [0, 0.05) is 38.6 Å². The molecule has 6 nitrogen and oxygen atoms in total. The minimum Gasteiger partial charge on any atom is -0.447 e. The highest BCUT2D eigenvalue weighted by Gasteiger charge is 2.39. The lowest BCUT2D eigenvalue weighted by Gasteiger charge is -2.35. The highest BCUT2D eigenvalue weighted by Crippen LogP contribution is 2.20. The standard InChI is InChI=1S/C13H17N3O3/c1-9-11(3-4-14(9)2)12(17)15-5-6-16-10(7-15)8-19-13(16)18/h3-4,10H,5-8H2,1-2H3/t10-/m1/s1. The summed E-state index contributed by atoms with van der Waals surface area (Å²) in [5.41, 5.74) is 1.70. The summed E-state index contributed by atoms with van der Waals surface area (Å²) in [4.78, 5) is 27.4. The third kappa shape index (κ3) is 1.87. The highest BCUT2D eigenvalue weighted by atomic mass is 16.6. The molecule has 2 amide bonds. The molecule has 0 spiro atoms. The minimum absolute atomic E-state index is 0.00854. The number of nitrogens with zero attached hydrogens (tertiary/aromatic N) is 3. The number of cyclic esters (lactones) is 1. The predicted molar refractivity (Wildman–Crippen MR) is 67.9 cm³/mol. The van der Waals surface area contributed by atoms with E-state index in [2.05, 4.69) is 0 Å². The van der Waals surface area contributed by atoms with Gasteiger partial charge in [0.05, 0.1) is 11.6 Å². The SMILES string of the molecule is Cc1c(C(=O)N2CCN3C(=O)OC[C@H]3C2)ccn1C. The fraction of sp³-hybridized carbons (Fsp3) is 0.538. The second-order valence-corrected chi connectivity index (χ2v) is 5.10. The van der Waals surface area contributed by atoms with Gasteiger partial charge in [0.2, 0.25) is 0 Å². The second-order valence-electron chi connectivity index (χ2n) is 5.10. The van der Waals surface area contributed by atoms with E-state index in [0.29, 0.717) is 26.2 Å². The van der Waals surface area contributed by atoms with Crippen LogP contribution in [0.15, 0.2) is 12.3 Å². The van der Waals surface area contributed by atoms with Crippen molar-refractivity contribution in [3.05, 3.63) is 23.5 Å². The Morgan fingerprint density at radius 3 is 2.89 bits per heavy atom. The Bertz CT molecular complexity index is 537. The Morgan fingerprint density at radius 1 is 1.42 bits per heavy atom. The highest BCUT2D eigenvalue weighted by molar-refractivity contribution is 5.95. The molecule has 0 aromatic carbocycles. The molecule has 19 heavy (non-hydrogen) atoms. The van der Waals surface area contributed by atoms with Crippen molar-refractivity contribution in [3.63, 3.8) is 0 Å². The molecule has 2 aliphatic rings. The zero-order valence-electron chi connectivity index (χ0n) is 11.1. The van der Waals surface area contributed by atoms with E-state index < -0.39 is 0 Å². The van der Waals surface area contributed by atoms with E-state index in [4.69, 9.17) is 4.74 Å². The number of amides is 2. The van der Waals surface area contributed by atoms with E-state index in [1.165, 1.54) is 0 Å². The molecule has 0 N–H and O–H groups in total. The Kier molecular flexibility index (Phi) is 2.73. The number of piperazine rings is 1. The molecule has 2 aliphatic heterocycles. The van der Waals surface area contributed by atoms with E-state index >= 15 is 0 Å². The van der Waals surface area contributed by atoms with Gasteiger partial charge in [-0.1, -0.05) is 0 Å². The monoisotopic (exact) mass is 263 g/mol. The van der Waals surface area contributed by atoms with E-state index in [9.17, 15) is 9.59 Å². The van der Waals surface area contributed by atoms with Crippen LogP contribution in [0.3, 0.4) is 0 Å². The molecular weight excluding hydrogens is 246 g/mol. The van der Waals surface area contributed by atoms with Crippen LogP contribution in [-0.4, -0.2) is 58.7 Å². The molecule has 2 fully saturated rings. The lowest BCUT2D eigenvalue weighted by Crippen LogP contribution is -2.53. The van der Waals surface area contributed by atoms with Crippen LogP contribution in [0.2, 0.25) is 0 Å². The molecule has 1 atom stereocenters. The van der Waals surface area contributed by atoms with Crippen LogP contribution in [0.25, 0.3) is 0 Å². The van der Waals surface area contributed by atoms with Crippen molar-refractivity contribution >= 4 is 12.0 Å². The van der Waals surface area contributed by atoms with E-state index in [1.54, 1.807) is 4.90 Å². The average Bonchev–Trinajstić information content (AvgIpc) is 2.94. The Hall–Kier alpha value is -1.98. The summed E-state index contributed by atoms with van der Waals surface area (Å²) in [6.45, 7) is 4.00. The molecule has 0 unspecified atom stereocenters. The Labute approximate surface area is 111 Å². The number of hydrogen-bond acceptors (Lipinski definition) is 3. The molecule has 3 heterocycles. The van der Waals surface area contributed by atoms with Gasteiger partial charge in [-0.15, -0.1) is 0 Å². The summed E-state index contributed by atoms with van der Waals surface area (Å²) in [6.07, 6.45) is 1.63. The summed E-state index contributed by atoms with van der Waals surface area (Å²) in [5, 5.41) is 0. The third-order valence-corrected chi connectivity index (χ3v) is 4.02. The number of hydrogen-bond donors (Lipinski definition) is 0. The smallest absolute Gasteiger partial charge is 0.410 e. The topological polar surface area (TPSA) is 54.8 Å². The minimum atomic E-state index is -0.256. The van der Waals surface area contributed by atoms with Crippen LogP contribution in [0.5, 0.6) is 0 Å². The van der Waals surface area contributed by atoms with Crippen molar-refractivity contribution < 1.29 is 14.3 Å². The maximum atomic E-state index is 12.5. The Morgan fingerprint density at radius 2 is 2.21 bits per heavy atom. The normalized spacial score (nSPS) is 22.4. The van der Waals surface area contributed by atoms with Crippen LogP contribution in [-0.2, 0) is 11.8 Å². The summed E-state index contributed by atoms with van der Waals surface area (Å²) in [5.74, 6) is 0.0390. The van der Waals surface area contributed by atoms with Crippen LogP contribution in [0.4, 0.5) is 4.79 Å². The second kappa shape index (κ2) is 4.29. The first-order valence-corrected chi connectivity index (χ1v) is 6.42. The van der Waals surface area contributed by atoms with Gasteiger partial charge in [0.25, 0.3) is 5.91 Å². The van der Waals surface area contributed by atoms with E-state index in [0.717, 1.165) is 11.3 Å². The van der Waals surface area contributed by atoms with Gasteiger partial charge in [0.15, 0.2) is 0 Å². The molecular formula is C13H17N3O3. The van der Waals surface area contributed by atoms with E-state index in [-0.39, 0.29) is 18.0 Å². The molecule has 3 rings (SSSR count). The third-order valence-electron chi connectivity index (χ3n) is 4.02. The summed E-state index contributed by atoms with van der Waals surface area (Å²) in [7, 11) is 1.92. The molecule has 0 saturated carbocycles. The first-order valence-electron chi connectivity index (χ1n) is 6.42. The number of carbonyl (C=O) groups is 2. The van der Waals surface area contributed by atoms with Gasteiger partial charge in [-0.05, 0) is 13.0 Å². The van der Waals surface area contributed by atoms with Crippen molar-refractivity contribution in [2.24, 2.45) is 7.05 Å². The van der Waals surface area contributed by atoms with Crippen molar-refractivity contribution in [1.29, 1.82) is 0 Å². The largest absolute Gasteiger partial charge is 0.447 e. The number of ether oxygens (including phenoxy) is 1. The van der Waals surface area contributed by atoms with Crippen LogP contribution in [0.1, 0.15) is 16.1 Å². The molecule has 1 aromatic rings. The van der Waals surface area contributed by atoms with Gasteiger partial charge in [-0.2, -0.15) is 0 Å². The first-order chi connectivity index (χ1) is 9.08. The molecule has 0 aliphatic carbocycles. The zero-order valence-corrected chi connectivity index (χ0v) is 11.1. The molecule has 1 aromatic heterocycles. The van der Waals surface area contributed by atoms with Crippen LogP contribution in [0, 0.1) is 6.92 Å². The predicted octanol–water partition coefficient (Wildman–Crippen LogP) is 0.610. The van der Waals surface area contributed by atoms with Gasteiger partial charge in [-0.3, -0.25) is 9.69 Å². The van der Waals surface area contributed by atoms with Gasteiger partial charge in [0.1, 0.15) is 6.61 Å². The molecule has 6 heteroatoms. The van der Waals surface area contributed by atoms with Crippen LogP contribution < -0.4 is 0 Å².